The monoisotopic (exact) mass is 231 g/mol. The van der Waals surface area contributed by atoms with Gasteiger partial charge in [-0.05, 0) is 21.9 Å². The predicted octanol–water partition coefficient (Wildman–Crippen LogP) is 3.88. The van der Waals surface area contributed by atoms with E-state index in [-0.39, 0.29) is 0 Å². The minimum absolute atomic E-state index is 0.981. The van der Waals surface area contributed by atoms with Crippen LogP contribution in [-0.2, 0) is 0 Å². The van der Waals surface area contributed by atoms with E-state index >= 15 is 0 Å². The summed E-state index contributed by atoms with van der Waals surface area (Å²) in [6, 6.07) is 10.3. The average molecular weight is 231 g/mol. The quantitative estimate of drug-likeness (QED) is 0.561. The van der Waals surface area contributed by atoms with Gasteiger partial charge in [-0.1, -0.05) is 55.1 Å². The molecule has 0 aromatic heterocycles. The van der Waals surface area contributed by atoms with Crippen molar-refractivity contribution in [3.8, 4) is 0 Å². The number of rotatable bonds is 4. The van der Waals surface area contributed by atoms with Crippen LogP contribution in [0.25, 0.3) is 5.57 Å². The van der Waals surface area contributed by atoms with Gasteiger partial charge in [0.05, 0.1) is 0 Å². The fourth-order valence-corrected chi connectivity index (χ4v) is 1.50. The Kier molecular flexibility index (Phi) is 5.01. The van der Waals surface area contributed by atoms with Gasteiger partial charge in [-0.3, -0.25) is 0 Å². The van der Waals surface area contributed by atoms with E-state index in [0.29, 0.717) is 0 Å². The number of benzene rings is 1. The molecule has 0 N–H and O–H groups in total. The fourth-order valence-electron chi connectivity index (χ4n) is 1.36. The van der Waals surface area contributed by atoms with Gasteiger partial charge >= 0.3 is 0 Å². The summed E-state index contributed by atoms with van der Waals surface area (Å²) < 4.78 is 1.95. The standard InChI is InChI=1S/C14H18NP/c1-4-5-11-14(12(2)15(3)16)13-9-7-6-8-10-13/h4-11H,2,16H2,1,3H3/b5-4?,14-11+. The fraction of sp³-hybridized carbons (Fsp3) is 0.143. The first-order valence-electron chi connectivity index (χ1n) is 5.23. The number of likely N-dealkylation sites (N-methyl/N-ethyl adjacent to an activating group) is 1. The summed E-state index contributed by atoms with van der Waals surface area (Å²) in [6.07, 6.45) is 6.12. The first-order chi connectivity index (χ1) is 7.66. The number of hydrogen-bond donors (Lipinski definition) is 0. The lowest BCUT2D eigenvalue weighted by Crippen LogP contribution is -2.04. The van der Waals surface area contributed by atoms with Crippen LogP contribution < -0.4 is 0 Å². The third-order valence-corrected chi connectivity index (χ3v) is 2.59. The largest absolute Gasteiger partial charge is 0.359 e. The van der Waals surface area contributed by atoms with Crippen molar-refractivity contribution in [2.45, 2.75) is 6.92 Å². The Morgan fingerprint density at radius 2 is 1.94 bits per heavy atom. The van der Waals surface area contributed by atoms with Gasteiger partial charge in [0, 0.05) is 18.3 Å². The van der Waals surface area contributed by atoms with Crippen LogP contribution in [0.2, 0.25) is 0 Å². The third kappa shape index (κ3) is 3.36. The lowest BCUT2D eigenvalue weighted by molar-refractivity contribution is 0.738. The number of allylic oxidation sites excluding steroid dienone is 4. The van der Waals surface area contributed by atoms with Gasteiger partial charge in [0.2, 0.25) is 0 Å². The highest BCUT2D eigenvalue weighted by Crippen LogP contribution is 2.25. The van der Waals surface area contributed by atoms with E-state index in [9.17, 15) is 0 Å². The molecule has 0 fully saturated rings. The zero-order chi connectivity index (χ0) is 12.0. The van der Waals surface area contributed by atoms with Crippen LogP contribution in [0.5, 0.6) is 0 Å². The van der Waals surface area contributed by atoms with Gasteiger partial charge < -0.3 is 4.67 Å². The summed E-state index contributed by atoms with van der Waals surface area (Å²) in [5.74, 6) is 0. The number of nitrogens with zero attached hydrogens (tertiary/aromatic N) is 1. The molecule has 0 heterocycles. The Balaban J connectivity index is 3.12. The predicted molar refractivity (Wildman–Crippen MR) is 75.8 cm³/mol. The van der Waals surface area contributed by atoms with Gasteiger partial charge in [-0.15, -0.1) is 0 Å². The highest BCUT2D eigenvalue weighted by molar-refractivity contribution is 7.13. The third-order valence-electron chi connectivity index (χ3n) is 2.28. The molecule has 0 saturated heterocycles. The molecule has 1 nitrogen and oxygen atoms in total. The van der Waals surface area contributed by atoms with E-state index in [1.807, 2.05) is 49.0 Å². The maximum atomic E-state index is 4.09. The summed E-state index contributed by atoms with van der Waals surface area (Å²) in [4.78, 5) is 0. The molecule has 0 radical (unpaired) electrons. The zero-order valence-electron chi connectivity index (χ0n) is 9.85. The van der Waals surface area contributed by atoms with Gasteiger partial charge in [0.1, 0.15) is 0 Å². The Labute approximate surface area is 100 Å². The summed E-state index contributed by atoms with van der Waals surface area (Å²) in [7, 11) is 4.60. The van der Waals surface area contributed by atoms with Crippen LogP contribution >= 0.6 is 9.39 Å². The van der Waals surface area contributed by atoms with Crippen molar-refractivity contribution in [1.29, 1.82) is 0 Å². The van der Waals surface area contributed by atoms with E-state index < -0.39 is 0 Å². The van der Waals surface area contributed by atoms with Gasteiger partial charge in [-0.25, -0.2) is 0 Å². The molecule has 1 aromatic rings. The van der Waals surface area contributed by atoms with Crippen LogP contribution in [0, 0.1) is 0 Å². The van der Waals surface area contributed by atoms with E-state index in [1.54, 1.807) is 0 Å². The SMILES string of the molecule is C=C(/C(=C\C=CC)c1ccccc1)N(C)P. The van der Waals surface area contributed by atoms with E-state index in [4.69, 9.17) is 0 Å². The summed E-state index contributed by atoms with van der Waals surface area (Å²) in [5.41, 5.74) is 3.30. The molecule has 0 aliphatic heterocycles. The minimum Gasteiger partial charge on any atom is -0.359 e. The van der Waals surface area contributed by atoms with Crippen molar-refractivity contribution < 1.29 is 0 Å². The molecule has 1 rings (SSSR count). The van der Waals surface area contributed by atoms with Crippen molar-refractivity contribution in [2.75, 3.05) is 7.05 Å². The van der Waals surface area contributed by atoms with Crippen molar-refractivity contribution in [3.63, 3.8) is 0 Å². The molecule has 0 saturated carbocycles. The Hall–Kier alpha value is -1.33. The summed E-state index contributed by atoms with van der Waals surface area (Å²) >= 11 is 0. The molecule has 84 valence electrons. The van der Waals surface area contributed by atoms with Crippen LogP contribution in [0.4, 0.5) is 0 Å². The number of hydrogen-bond acceptors (Lipinski definition) is 1. The average Bonchev–Trinajstić information content (AvgIpc) is 2.30. The molecule has 1 atom stereocenters. The summed E-state index contributed by atoms with van der Waals surface area (Å²) in [6.45, 7) is 6.09. The van der Waals surface area contributed by atoms with Crippen molar-refractivity contribution in [2.24, 2.45) is 0 Å². The highest BCUT2D eigenvalue weighted by atomic mass is 31.0. The first-order valence-corrected chi connectivity index (χ1v) is 5.74. The van der Waals surface area contributed by atoms with Crippen LogP contribution in [0.3, 0.4) is 0 Å². The Bertz CT molecular complexity index is 402. The van der Waals surface area contributed by atoms with Crippen LogP contribution in [0.1, 0.15) is 12.5 Å². The Morgan fingerprint density at radius 1 is 1.31 bits per heavy atom. The molecule has 1 unspecified atom stereocenters. The molecular formula is C14H18NP. The van der Waals surface area contributed by atoms with E-state index in [1.165, 1.54) is 5.56 Å². The molecular weight excluding hydrogens is 213 g/mol. The highest BCUT2D eigenvalue weighted by Gasteiger charge is 2.06. The molecule has 0 amide bonds. The van der Waals surface area contributed by atoms with Gasteiger partial charge in [0.25, 0.3) is 0 Å². The minimum atomic E-state index is 0.981. The van der Waals surface area contributed by atoms with Crippen molar-refractivity contribution in [1.82, 2.24) is 4.67 Å². The summed E-state index contributed by atoms with van der Waals surface area (Å²) in [5, 5.41) is 0. The van der Waals surface area contributed by atoms with E-state index in [0.717, 1.165) is 11.3 Å². The molecule has 16 heavy (non-hydrogen) atoms. The molecule has 0 spiro atoms. The normalized spacial score (nSPS) is 11.8. The zero-order valence-corrected chi connectivity index (χ0v) is 11.0. The Morgan fingerprint density at radius 3 is 2.44 bits per heavy atom. The second kappa shape index (κ2) is 6.30. The molecule has 1 aromatic carbocycles. The lowest BCUT2D eigenvalue weighted by atomic mass is 10.0. The molecule has 0 bridgehead atoms. The molecule has 0 aliphatic carbocycles. The van der Waals surface area contributed by atoms with Crippen LogP contribution in [0.15, 0.2) is 60.8 Å². The first kappa shape index (κ1) is 12.7. The van der Waals surface area contributed by atoms with Crippen molar-refractivity contribution >= 4 is 15.0 Å². The van der Waals surface area contributed by atoms with Crippen molar-refractivity contribution in [3.05, 3.63) is 66.4 Å². The smallest absolute Gasteiger partial charge is 0.0398 e. The second-order valence-corrected chi connectivity index (χ2v) is 4.30. The second-order valence-electron chi connectivity index (χ2n) is 3.53. The maximum Gasteiger partial charge on any atom is 0.0398 e. The topological polar surface area (TPSA) is 3.24 Å². The van der Waals surface area contributed by atoms with Gasteiger partial charge in [0.15, 0.2) is 0 Å². The van der Waals surface area contributed by atoms with Gasteiger partial charge in [-0.2, -0.15) is 0 Å². The molecule has 2 heteroatoms. The van der Waals surface area contributed by atoms with Crippen LogP contribution in [-0.4, -0.2) is 11.7 Å². The lowest BCUT2D eigenvalue weighted by Gasteiger charge is -2.18. The van der Waals surface area contributed by atoms with E-state index in [2.05, 4.69) is 34.2 Å². The maximum absolute atomic E-state index is 4.09. The molecule has 0 aliphatic rings.